The molecule has 0 bridgehead atoms. The van der Waals surface area contributed by atoms with E-state index in [4.69, 9.17) is 0 Å². The minimum Gasteiger partial charge on any atom is -0.354 e. The first-order valence-electron chi connectivity index (χ1n) is 8.53. The standard InChI is InChI=1S/C19H28FN5/c1-12-7-8-16(10-18(12)20)11-22-19(21-5)23-13(2)9-17-14(3)24-25(6)15(17)4/h7-8,10,13H,9,11H2,1-6H3,(H2,21,22,23). The van der Waals surface area contributed by atoms with Gasteiger partial charge in [0.1, 0.15) is 5.82 Å². The molecule has 0 fully saturated rings. The van der Waals surface area contributed by atoms with Crippen molar-refractivity contribution in [3.63, 3.8) is 0 Å². The fraction of sp³-hybridized carbons (Fsp3) is 0.474. The zero-order valence-corrected chi connectivity index (χ0v) is 15.9. The average molecular weight is 345 g/mol. The lowest BCUT2D eigenvalue weighted by molar-refractivity contribution is 0.613. The summed E-state index contributed by atoms with van der Waals surface area (Å²) in [6, 6.07) is 5.47. The lowest BCUT2D eigenvalue weighted by Crippen LogP contribution is -2.42. The van der Waals surface area contributed by atoms with Crippen molar-refractivity contribution in [2.45, 2.75) is 46.7 Å². The summed E-state index contributed by atoms with van der Waals surface area (Å²) >= 11 is 0. The molecule has 1 aromatic carbocycles. The fourth-order valence-corrected chi connectivity index (χ4v) is 2.83. The van der Waals surface area contributed by atoms with Crippen LogP contribution in [0.1, 0.15) is 35.0 Å². The van der Waals surface area contributed by atoms with Gasteiger partial charge in [-0.1, -0.05) is 12.1 Å². The molecule has 2 rings (SSSR count). The van der Waals surface area contributed by atoms with Crippen LogP contribution in [-0.4, -0.2) is 28.8 Å². The Bertz CT molecular complexity index is 763. The van der Waals surface area contributed by atoms with Crippen LogP contribution in [-0.2, 0) is 20.0 Å². The van der Waals surface area contributed by atoms with E-state index in [1.165, 1.54) is 11.3 Å². The van der Waals surface area contributed by atoms with Gasteiger partial charge in [0.2, 0.25) is 0 Å². The highest BCUT2D eigenvalue weighted by atomic mass is 19.1. The second kappa shape index (κ2) is 8.14. The van der Waals surface area contributed by atoms with Gasteiger partial charge in [0, 0.05) is 32.4 Å². The van der Waals surface area contributed by atoms with Gasteiger partial charge in [-0.05, 0) is 56.9 Å². The summed E-state index contributed by atoms with van der Waals surface area (Å²) in [4.78, 5) is 4.25. The summed E-state index contributed by atoms with van der Waals surface area (Å²) in [6.45, 7) is 8.52. The number of halogens is 1. The van der Waals surface area contributed by atoms with Crippen LogP contribution < -0.4 is 10.6 Å². The molecule has 136 valence electrons. The lowest BCUT2D eigenvalue weighted by Gasteiger charge is -2.18. The molecule has 25 heavy (non-hydrogen) atoms. The predicted molar refractivity (Wildman–Crippen MR) is 100 cm³/mol. The average Bonchev–Trinajstić information content (AvgIpc) is 2.80. The number of nitrogens with zero attached hydrogens (tertiary/aromatic N) is 3. The summed E-state index contributed by atoms with van der Waals surface area (Å²) in [5, 5.41) is 11.1. The number of aromatic nitrogens is 2. The molecule has 5 nitrogen and oxygen atoms in total. The Labute approximate surface area is 149 Å². The SMILES string of the molecule is CN=C(NCc1ccc(C)c(F)c1)NC(C)Cc1c(C)nn(C)c1C. The van der Waals surface area contributed by atoms with Crippen LogP contribution in [0.25, 0.3) is 0 Å². The van der Waals surface area contributed by atoms with Crippen molar-refractivity contribution in [3.8, 4) is 0 Å². The number of guanidine groups is 1. The molecule has 0 aliphatic carbocycles. The first kappa shape index (κ1) is 19.0. The van der Waals surface area contributed by atoms with E-state index < -0.39 is 0 Å². The third-order valence-electron chi connectivity index (χ3n) is 4.47. The van der Waals surface area contributed by atoms with Crippen molar-refractivity contribution in [1.29, 1.82) is 0 Å². The van der Waals surface area contributed by atoms with Crippen LogP contribution in [0, 0.1) is 26.6 Å². The van der Waals surface area contributed by atoms with E-state index in [9.17, 15) is 4.39 Å². The van der Waals surface area contributed by atoms with Gasteiger partial charge in [-0.2, -0.15) is 5.10 Å². The molecule has 0 amide bonds. The first-order chi connectivity index (χ1) is 11.8. The molecule has 0 saturated heterocycles. The molecule has 2 aromatic rings. The Hall–Kier alpha value is -2.37. The maximum atomic E-state index is 13.6. The van der Waals surface area contributed by atoms with Crippen molar-refractivity contribution in [2.24, 2.45) is 12.0 Å². The van der Waals surface area contributed by atoms with Gasteiger partial charge < -0.3 is 10.6 Å². The van der Waals surface area contributed by atoms with Crippen molar-refractivity contribution >= 4 is 5.96 Å². The zero-order valence-electron chi connectivity index (χ0n) is 15.9. The summed E-state index contributed by atoms with van der Waals surface area (Å²) < 4.78 is 15.5. The van der Waals surface area contributed by atoms with Crippen LogP contribution in [0.3, 0.4) is 0 Å². The molecule has 0 saturated carbocycles. The summed E-state index contributed by atoms with van der Waals surface area (Å²) in [5.41, 5.74) is 5.05. The Morgan fingerprint density at radius 3 is 2.60 bits per heavy atom. The van der Waals surface area contributed by atoms with E-state index in [1.807, 2.05) is 24.7 Å². The molecule has 2 N–H and O–H groups in total. The molecular formula is C19H28FN5. The number of hydrogen-bond donors (Lipinski definition) is 2. The molecule has 1 aromatic heterocycles. The van der Waals surface area contributed by atoms with E-state index in [0.717, 1.165) is 17.7 Å². The van der Waals surface area contributed by atoms with Crippen LogP contribution >= 0.6 is 0 Å². The first-order valence-corrected chi connectivity index (χ1v) is 8.53. The number of aryl methyl sites for hydroxylation is 3. The molecule has 1 unspecified atom stereocenters. The van der Waals surface area contributed by atoms with Gasteiger partial charge >= 0.3 is 0 Å². The predicted octanol–water partition coefficient (Wildman–Crippen LogP) is 2.78. The number of rotatable bonds is 5. The highest BCUT2D eigenvalue weighted by molar-refractivity contribution is 5.79. The normalized spacial score (nSPS) is 13.0. The number of benzene rings is 1. The summed E-state index contributed by atoms with van der Waals surface area (Å²) in [5.74, 6) is 0.519. The van der Waals surface area contributed by atoms with Crippen LogP contribution in [0.4, 0.5) is 4.39 Å². The maximum absolute atomic E-state index is 13.6. The highest BCUT2D eigenvalue weighted by Crippen LogP contribution is 2.14. The third-order valence-corrected chi connectivity index (χ3v) is 4.47. The monoisotopic (exact) mass is 345 g/mol. The minimum atomic E-state index is -0.182. The van der Waals surface area contributed by atoms with Crippen molar-refractivity contribution in [2.75, 3.05) is 7.05 Å². The highest BCUT2D eigenvalue weighted by Gasteiger charge is 2.14. The molecule has 0 aliphatic rings. The van der Waals surface area contributed by atoms with E-state index in [2.05, 4.69) is 34.6 Å². The Morgan fingerprint density at radius 2 is 2.04 bits per heavy atom. The van der Waals surface area contributed by atoms with Crippen molar-refractivity contribution in [3.05, 3.63) is 52.1 Å². The van der Waals surface area contributed by atoms with E-state index in [1.54, 1.807) is 26.1 Å². The Kier molecular flexibility index (Phi) is 6.17. The van der Waals surface area contributed by atoms with Crippen molar-refractivity contribution < 1.29 is 4.39 Å². The van der Waals surface area contributed by atoms with Gasteiger partial charge in [-0.25, -0.2) is 4.39 Å². The van der Waals surface area contributed by atoms with Gasteiger partial charge in [-0.15, -0.1) is 0 Å². The fourth-order valence-electron chi connectivity index (χ4n) is 2.83. The smallest absolute Gasteiger partial charge is 0.191 e. The second-order valence-electron chi connectivity index (χ2n) is 6.53. The lowest BCUT2D eigenvalue weighted by atomic mass is 10.1. The molecule has 1 atom stereocenters. The quantitative estimate of drug-likeness (QED) is 0.647. The second-order valence-corrected chi connectivity index (χ2v) is 6.53. The Balaban J connectivity index is 1.93. The topological polar surface area (TPSA) is 54.2 Å². The van der Waals surface area contributed by atoms with Gasteiger partial charge in [0.15, 0.2) is 5.96 Å². The molecule has 0 radical (unpaired) electrons. The zero-order chi connectivity index (χ0) is 18.6. The van der Waals surface area contributed by atoms with Crippen molar-refractivity contribution in [1.82, 2.24) is 20.4 Å². The number of hydrogen-bond acceptors (Lipinski definition) is 2. The van der Waals surface area contributed by atoms with E-state index in [-0.39, 0.29) is 11.9 Å². The van der Waals surface area contributed by atoms with Crippen LogP contribution in [0.5, 0.6) is 0 Å². The largest absolute Gasteiger partial charge is 0.354 e. The molecule has 1 heterocycles. The van der Waals surface area contributed by atoms with Gasteiger partial charge in [0.05, 0.1) is 5.69 Å². The maximum Gasteiger partial charge on any atom is 0.191 e. The molecular weight excluding hydrogens is 317 g/mol. The molecule has 6 heteroatoms. The number of nitrogens with one attached hydrogen (secondary N) is 2. The van der Waals surface area contributed by atoms with E-state index in [0.29, 0.717) is 18.1 Å². The van der Waals surface area contributed by atoms with E-state index >= 15 is 0 Å². The summed E-state index contributed by atoms with van der Waals surface area (Å²) in [6.07, 6.45) is 0.866. The third kappa shape index (κ3) is 4.81. The van der Waals surface area contributed by atoms with Gasteiger partial charge in [-0.3, -0.25) is 9.67 Å². The summed E-state index contributed by atoms with van der Waals surface area (Å²) in [7, 11) is 3.70. The van der Waals surface area contributed by atoms with Crippen LogP contribution in [0.2, 0.25) is 0 Å². The van der Waals surface area contributed by atoms with Crippen LogP contribution in [0.15, 0.2) is 23.2 Å². The Morgan fingerprint density at radius 1 is 1.32 bits per heavy atom. The molecule has 0 aliphatic heterocycles. The molecule has 0 spiro atoms. The number of aliphatic imine (C=N–C) groups is 1. The van der Waals surface area contributed by atoms with Gasteiger partial charge in [0.25, 0.3) is 0 Å². The minimum absolute atomic E-state index is 0.182.